The van der Waals surface area contributed by atoms with E-state index in [9.17, 15) is 0 Å². The first-order valence-corrected chi connectivity index (χ1v) is 8.83. The first kappa shape index (κ1) is 19.9. The van der Waals surface area contributed by atoms with E-state index < -0.39 is 0 Å². The third-order valence-electron chi connectivity index (χ3n) is 4.43. The van der Waals surface area contributed by atoms with Gasteiger partial charge in [0.05, 0.1) is 0 Å². The van der Waals surface area contributed by atoms with Crippen LogP contribution in [0.1, 0.15) is 68.2 Å². The molecule has 1 heterocycles. The molecule has 0 aromatic carbocycles. The average Bonchev–Trinajstić information content (AvgIpc) is 2.27. The number of rotatable bonds is 0. The van der Waals surface area contributed by atoms with Gasteiger partial charge in [-0.05, 0) is 68.2 Å². The van der Waals surface area contributed by atoms with Crippen molar-refractivity contribution >= 4 is 0 Å². The predicted molar refractivity (Wildman–Crippen MR) is 97.6 cm³/mol. The van der Waals surface area contributed by atoms with Gasteiger partial charge in [0, 0.05) is 48.3 Å². The minimum Gasteiger partial charge on any atom is -0.310 e. The summed E-state index contributed by atoms with van der Waals surface area (Å²) in [7, 11) is 0. The van der Waals surface area contributed by atoms with Crippen molar-refractivity contribution in [3.05, 3.63) is 0 Å². The first-order valence-electron chi connectivity index (χ1n) is 8.83. The highest BCUT2D eigenvalue weighted by Crippen LogP contribution is 2.21. The molecule has 0 radical (unpaired) electrons. The van der Waals surface area contributed by atoms with Crippen LogP contribution in [0.4, 0.5) is 0 Å². The van der Waals surface area contributed by atoms with Crippen LogP contribution in [-0.4, -0.2) is 48.3 Å². The topological polar surface area (TPSA) is 48.1 Å². The number of hydrogen-bond donors (Lipinski definition) is 4. The molecule has 0 spiro atoms. The van der Waals surface area contributed by atoms with Crippen LogP contribution in [0.2, 0.25) is 0 Å². The van der Waals surface area contributed by atoms with E-state index in [1.54, 1.807) is 0 Å². The summed E-state index contributed by atoms with van der Waals surface area (Å²) in [5, 5.41) is 14.8. The van der Waals surface area contributed by atoms with Gasteiger partial charge in [0.15, 0.2) is 0 Å². The van der Waals surface area contributed by atoms with Crippen LogP contribution in [0.25, 0.3) is 0 Å². The molecule has 0 aromatic rings. The summed E-state index contributed by atoms with van der Waals surface area (Å²) in [5.41, 5.74) is 0.552. The van der Waals surface area contributed by atoms with Crippen LogP contribution in [0.15, 0.2) is 0 Å². The van der Waals surface area contributed by atoms with Crippen molar-refractivity contribution in [3.8, 4) is 0 Å². The van der Waals surface area contributed by atoms with Gasteiger partial charge in [0.1, 0.15) is 0 Å². The molecule has 4 nitrogen and oxygen atoms in total. The highest BCUT2D eigenvalue weighted by Gasteiger charge is 2.30. The maximum Gasteiger partial charge on any atom is 0.0143 e. The lowest BCUT2D eigenvalue weighted by atomic mass is 9.85. The molecule has 0 unspecified atom stereocenters. The highest BCUT2D eigenvalue weighted by molar-refractivity contribution is 4.93. The van der Waals surface area contributed by atoms with Crippen molar-refractivity contribution in [1.29, 1.82) is 0 Å². The van der Waals surface area contributed by atoms with Crippen molar-refractivity contribution < 1.29 is 0 Å². The van der Waals surface area contributed by atoms with Crippen molar-refractivity contribution in [2.45, 2.75) is 90.4 Å². The molecule has 4 heteroatoms. The molecule has 0 aliphatic carbocycles. The van der Waals surface area contributed by atoms with E-state index in [0.29, 0.717) is 0 Å². The molecule has 1 fully saturated rings. The molecule has 4 N–H and O–H groups in total. The van der Waals surface area contributed by atoms with E-state index in [1.165, 1.54) is 0 Å². The van der Waals surface area contributed by atoms with Crippen molar-refractivity contribution in [2.24, 2.45) is 0 Å². The summed E-state index contributed by atoms with van der Waals surface area (Å²) >= 11 is 0. The molecule has 0 bridgehead atoms. The third kappa shape index (κ3) is 7.91. The Bertz CT molecular complexity index is 279. The summed E-state index contributed by atoms with van der Waals surface area (Å²) in [5.74, 6) is 0. The maximum absolute atomic E-state index is 3.71. The van der Waals surface area contributed by atoms with E-state index in [2.05, 4.69) is 76.7 Å². The lowest BCUT2D eigenvalue weighted by Crippen LogP contribution is -2.57. The zero-order valence-corrected chi connectivity index (χ0v) is 16.2. The van der Waals surface area contributed by atoms with E-state index in [1.807, 2.05) is 0 Å². The van der Waals surface area contributed by atoms with Crippen molar-refractivity contribution in [1.82, 2.24) is 21.3 Å². The molecular formula is C18H40N4. The van der Waals surface area contributed by atoms with Gasteiger partial charge < -0.3 is 21.3 Å². The molecule has 0 amide bonds. The summed E-state index contributed by atoms with van der Waals surface area (Å²) in [6.07, 6.45) is 2.21. The van der Waals surface area contributed by atoms with E-state index >= 15 is 0 Å². The monoisotopic (exact) mass is 312 g/mol. The van der Waals surface area contributed by atoms with Gasteiger partial charge in [-0.1, -0.05) is 0 Å². The molecule has 1 aliphatic heterocycles. The largest absolute Gasteiger partial charge is 0.310 e. The summed E-state index contributed by atoms with van der Waals surface area (Å²) in [6.45, 7) is 22.4. The lowest BCUT2D eigenvalue weighted by Gasteiger charge is -2.40. The molecule has 0 saturated carbocycles. The van der Waals surface area contributed by atoms with Gasteiger partial charge in [-0.3, -0.25) is 0 Å². The molecule has 1 saturated heterocycles. The standard InChI is InChI=1S/C18H40N4/c1-15(2)13-16(3,4)20-11-12-22-18(7,8)14-17(5,6)21-10-9-19-15/h19-22H,9-14H2,1-8H3. The number of nitrogens with one attached hydrogen (secondary N) is 4. The van der Waals surface area contributed by atoms with Crippen LogP contribution in [0.5, 0.6) is 0 Å². The molecule has 1 aliphatic rings. The SMILES string of the molecule is CC1(C)CC(C)(C)NCCNC(C)(C)CC(C)(C)NCCN1. The van der Waals surface area contributed by atoms with Gasteiger partial charge in [-0.2, -0.15) is 0 Å². The van der Waals surface area contributed by atoms with Crippen molar-refractivity contribution in [3.63, 3.8) is 0 Å². The Labute approximate surface area is 138 Å². The quantitative estimate of drug-likeness (QED) is 0.554. The lowest BCUT2D eigenvalue weighted by molar-refractivity contribution is 0.218. The summed E-state index contributed by atoms with van der Waals surface area (Å²) in [4.78, 5) is 0. The Morgan fingerprint density at radius 2 is 0.591 bits per heavy atom. The second-order valence-corrected chi connectivity index (χ2v) is 9.60. The summed E-state index contributed by atoms with van der Waals surface area (Å²) in [6, 6.07) is 0. The predicted octanol–water partition coefficient (Wildman–Crippen LogP) is 2.25. The van der Waals surface area contributed by atoms with Crippen LogP contribution < -0.4 is 21.3 Å². The molecular weight excluding hydrogens is 272 g/mol. The Hall–Kier alpha value is -0.160. The van der Waals surface area contributed by atoms with E-state index in [-0.39, 0.29) is 22.2 Å². The van der Waals surface area contributed by atoms with Gasteiger partial charge in [-0.15, -0.1) is 0 Å². The number of hydrogen-bond acceptors (Lipinski definition) is 4. The van der Waals surface area contributed by atoms with Gasteiger partial charge in [0.25, 0.3) is 0 Å². The Balaban J connectivity index is 2.74. The Morgan fingerprint density at radius 3 is 0.773 bits per heavy atom. The van der Waals surface area contributed by atoms with E-state index in [4.69, 9.17) is 0 Å². The van der Waals surface area contributed by atoms with Crippen LogP contribution >= 0.6 is 0 Å². The smallest absolute Gasteiger partial charge is 0.0143 e. The fraction of sp³-hybridized carbons (Fsp3) is 1.00. The minimum atomic E-state index is 0.138. The average molecular weight is 313 g/mol. The van der Waals surface area contributed by atoms with Crippen molar-refractivity contribution in [2.75, 3.05) is 26.2 Å². The Kier molecular flexibility index (Phi) is 6.48. The van der Waals surface area contributed by atoms with Crippen LogP contribution in [0.3, 0.4) is 0 Å². The van der Waals surface area contributed by atoms with Gasteiger partial charge >= 0.3 is 0 Å². The zero-order chi connectivity index (χ0) is 17.1. The fourth-order valence-electron chi connectivity index (χ4n) is 4.06. The summed E-state index contributed by atoms with van der Waals surface area (Å²) < 4.78 is 0. The third-order valence-corrected chi connectivity index (χ3v) is 4.43. The minimum absolute atomic E-state index is 0.138. The van der Waals surface area contributed by atoms with Gasteiger partial charge in [0.2, 0.25) is 0 Å². The molecule has 132 valence electrons. The second kappa shape index (κ2) is 7.16. The second-order valence-electron chi connectivity index (χ2n) is 9.60. The van der Waals surface area contributed by atoms with Crippen LogP contribution in [0, 0.1) is 0 Å². The Morgan fingerprint density at radius 1 is 0.409 bits per heavy atom. The molecule has 1 rings (SSSR count). The maximum atomic E-state index is 3.71. The molecule has 22 heavy (non-hydrogen) atoms. The molecule has 0 aromatic heterocycles. The normalized spacial score (nSPS) is 29.5. The first-order chi connectivity index (χ1) is 9.83. The zero-order valence-electron chi connectivity index (χ0n) is 16.2. The highest BCUT2D eigenvalue weighted by atomic mass is 15.1. The fourth-order valence-corrected chi connectivity index (χ4v) is 4.06. The van der Waals surface area contributed by atoms with Gasteiger partial charge in [-0.25, -0.2) is 0 Å². The van der Waals surface area contributed by atoms with Crippen LogP contribution in [-0.2, 0) is 0 Å². The molecule has 0 atom stereocenters. The van der Waals surface area contributed by atoms with E-state index in [0.717, 1.165) is 39.0 Å².